The zero-order chi connectivity index (χ0) is 9.14. The molecule has 0 nitrogen and oxygen atoms in total. The minimum atomic E-state index is 0.643. The summed E-state index contributed by atoms with van der Waals surface area (Å²) in [4.78, 5) is 0. The molecular formula is C10H8Cl2. The summed E-state index contributed by atoms with van der Waals surface area (Å²) in [7, 11) is 0. The van der Waals surface area contributed by atoms with Crippen LogP contribution >= 0.6 is 23.2 Å². The number of benzene rings is 1. The second-order valence-corrected chi connectivity index (χ2v) is 3.12. The van der Waals surface area contributed by atoms with Gasteiger partial charge in [-0.25, -0.2) is 0 Å². The smallest absolute Gasteiger partial charge is 0.0485 e. The Balaban J connectivity index is 3.34. The van der Waals surface area contributed by atoms with Gasteiger partial charge in [0.2, 0.25) is 0 Å². The lowest BCUT2D eigenvalue weighted by molar-refractivity contribution is 1.62. The van der Waals surface area contributed by atoms with Gasteiger partial charge in [0, 0.05) is 10.0 Å². The van der Waals surface area contributed by atoms with Gasteiger partial charge in [-0.2, -0.15) is 0 Å². The molecule has 0 amide bonds. The lowest BCUT2D eigenvalue weighted by Gasteiger charge is -2.02. The second kappa shape index (κ2) is 3.79. The molecule has 1 aromatic carbocycles. The summed E-state index contributed by atoms with van der Waals surface area (Å²) in [6.45, 7) is 7.24. The summed E-state index contributed by atoms with van der Waals surface area (Å²) < 4.78 is 0. The van der Waals surface area contributed by atoms with Crippen LogP contribution in [0.4, 0.5) is 0 Å². The molecule has 0 fully saturated rings. The van der Waals surface area contributed by atoms with Crippen LogP contribution in [0, 0.1) is 0 Å². The highest BCUT2D eigenvalue weighted by atomic mass is 35.5. The van der Waals surface area contributed by atoms with Crippen LogP contribution < -0.4 is 0 Å². The lowest BCUT2D eigenvalue weighted by Crippen LogP contribution is -1.79. The van der Waals surface area contributed by atoms with Gasteiger partial charge >= 0.3 is 0 Å². The van der Waals surface area contributed by atoms with Crippen molar-refractivity contribution in [1.29, 1.82) is 0 Å². The van der Waals surface area contributed by atoms with E-state index in [4.69, 9.17) is 23.2 Å². The maximum absolute atomic E-state index is 5.90. The molecule has 0 aromatic heterocycles. The molecule has 0 spiro atoms. The van der Waals surface area contributed by atoms with Gasteiger partial charge in [-0.05, 0) is 23.3 Å². The van der Waals surface area contributed by atoms with Crippen LogP contribution in [0.15, 0.2) is 25.3 Å². The highest BCUT2D eigenvalue weighted by Gasteiger charge is 2.01. The van der Waals surface area contributed by atoms with Gasteiger partial charge in [-0.15, -0.1) is 0 Å². The average Bonchev–Trinajstić information content (AvgIpc) is 2.08. The predicted molar refractivity (Wildman–Crippen MR) is 56.6 cm³/mol. The first-order valence-corrected chi connectivity index (χ1v) is 4.18. The summed E-state index contributed by atoms with van der Waals surface area (Å²) >= 11 is 11.8. The van der Waals surface area contributed by atoms with Gasteiger partial charge in [0.1, 0.15) is 0 Å². The molecule has 1 rings (SSSR count). The molecule has 0 unspecified atom stereocenters. The zero-order valence-electron chi connectivity index (χ0n) is 6.48. The molecule has 0 heterocycles. The summed E-state index contributed by atoms with van der Waals surface area (Å²) in [5, 5.41) is 1.29. The number of halogens is 2. The molecule has 0 saturated heterocycles. The van der Waals surface area contributed by atoms with Crippen LogP contribution in [-0.4, -0.2) is 0 Å². The molecule has 0 radical (unpaired) electrons. The third-order valence-electron chi connectivity index (χ3n) is 1.56. The molecule has 0 saturated carbocycles. The Labute approximate surface area is 82.1 Å². The molecule has 1 aromatic rings. The van der Waals surface area contributed by atoms with E-state index in [1.807, 2.05) is 0 Å². The highest BCUT2D eigenvalue weighted by molar-refractivity contribution is 6.35. The largest absolute Gasteiger partial charge is 0.0984 e. The Morgan fingerprint density at radius 3 is 1.50 bits per heavy atom. The van der Waals surface area contributed by atoms with E-state index in [1.165, 1.54) is 0 Å². The SMILES string of the molecule is C=Cc1cc(Cl)c(C=C)cc1Cl. The van der Waals surface area contributed by atoms with Crippen LogP contribution in [-0.2, 0) is 0 Å². The van der Waals surface area contributed by atoms with Crippen LogP contribution in [0.2, 0.25) is 10.0 Å². The summed E-state index contributed by atoms with van der Waals surface area (Å²) in [5.74, 6) is 0. The molecule has 0 aliphatic rings. The van der Waals surface area contributed by atoms with E-state index in [9.17, 15) is 0 Å². The summed E-state index contributed by atoms with van der Waals surface area (Å²) in [6.07, 6.45) is 3.34. The van der Waals surface area contributed by atoms with E-state index < -0.39 is 0 Å². The van der Waals surface area contributed by atoms with Crippen molar-refractivity contribution < 1.29 is 0 Å². The molecule has 0 bridgehead atoms. The third kappa shape index (κ3) is 1.71. The molecule has 62 valence electrons. The standard InChI is InChI=1S/C10H8Cl2/c1-3-7-5-10(12)8(4-2)6-9(7)11/h3-6H,1-2H2. The Hall–Kier alpha value is -0.720. The second-order valence-electron chi connectivity index (χ2n) is 2.30. The van der Waals surface area contributed by atoms with Crippen LogP contribution in [0.5, 0.6) is 0 Å². The maximum atomic E-state index is 5.90. The van der Waals surface area contributed by atoms with E-state index in [-0.39, 0.29) is 0 Å². The first kappa shape index (κ1) is 9.37. The number of hydrogen-bond donors (Lipinski definition) is 0. The van der Waals surface area contributed by atoms with E-state index >= 15 is 0 Å². The Bertz CT molecular complexity index is 293. The van der Waals surface area contributed by atoms with Crippen molar-refractivity contribution in [3.8, 4) is 0 Å². The van der Waals surface area contributed by atoms with Gasteiger partial charge in [-0.3, -0.25) is 0 Å². The minimum absolute atomic E-state index is 0.643. The quantitative estimate of drug-likeness (QED) is 0.666. The van der Waals surface area contributed by atoms with E-state index in [2.05, 4.69) is 13.2 Å². The van der Waals surface area contributed by atoms with Crippen molar-refractivity contribution in [3.05, 3.63) is 46.5 Å². The highest BCUT2D eigenvalue weighted by Crippen LogP contribution is 2.26. The first-order chi connectivity index (χ1) is 5.69. The van der Waals surface area contributed by atoms with Crippen molar-refractivity contribution >= 4 is 35.4 Å². The van der Waals surface area contributed by atoms with Crippen molar-refractivity contribution in [2.45, 2.75) is 0 Å². The Morgan fingerprint density at radius 2 is 1.25 bits per heavy atom. The van der Waals surface area contributed by atoms with Gasteiger partial charge in [0.05, 0.1) is 0 Å². The van der Waals surface area contributed by atoms with Crippen molar-refractivity contribution in [3.63, 3.8) is 0 Å². The van der Waals surface area contributed by atoms with Gasteiger partial charge in [0.25, 0.3) is 0 Å². The Morgan fingerprint density at radius 1 is 0.917 bits per heavy atom. The normalized spacial score (nSPS) is 9.50. The van der Waals surface area contributed by atoms with E-state index in [0.29, 0.717) is 10.0 Å². The molecule has 2 heteroatoms. The topological polar surface area (TPSA) is 0 Å². The average molecular weight is 199 g/mol. The summed E-state index contributed by atoms with van der Waals surface area (Å²) in [6, 6.07) is 3.54. The fourth-order valence-corrected chi connectivity index (χ4v) is 1.39. The predicted octanol–water partition coefficient (Wildman–Crippen LogP) is 4.28. The molecular weight excluding hydrogens is 191 g/mol. The lowest BCUT2D eigenvalue weighted by atomic mass is 10.1. The van der Waals surface area contributed by atoms with Gasteiger partial charge in [-0.1, -0.05) is 48.5 Å². The Kier molecular flexibility index (Phi) is 2.96. The van der Waals surface area contributed by atoms with E-state index in [0.717, 1.165) is 11.1 Å². The molecule has 0 aliphatic heterocycles. The van der Waals surface area contributed by atoms with Crippen molar-refractivity contribution in [2.75, 3.05) is 0 Å². The number of rotatable bonds is 2. The zero-order valence-corrected chi connectivity index (χ0v) is 7.99. The third-order valence-corrected chi connectivity index (χ3v) is 2.21. The van der Waals surface area contributed by atoms with Crippen LogP contribution in [0.25, 0.3) is 12.2 Å². The molecule has 0 N–H and O–H groups in total. The molecule has 0 atom stereocenters. The molecule has 12 heavy (non-hydrogen) atoms. The fraction of sp³-hybridized carbons (Fsp3) is 0. The summed E-state index contributed by atoms with van der Waals surface area (Å²) in [5.41, 5.74) is 1.68. The monoisotopic (exact) mass is 198 g/mol. The van der Waals surface area contributed by atoms with Gasteiger partial charge < -0.3 is 0 Å². The van der Waals surface area contributed by atoms with Gasteiger partial charge in [0.15, 0.2) is 0 Å². The van der Waals surface area contributed by atoms with Crippen molar-refractivity contribution in [2.24, 2.45) is 0 Å². The van der Waals surface area contributed by atoms with Crippen molar-refractivity contribution in [1.82, 2.24) is 0 Å². The first-order valence-electron chi connectivity index (χ1n) is 3.43. The number of hydrogen-bond acceptors (Lipinski definition) is 0. The maximum Gasteiger partial charge on any atom is 0.0485 e. The van der Waals surface area contributed by atoms with E-state index in [1.54, 1.807) is 24.3 Å². The van der Waals surface area contributed by atoms with Crippen LogP contribution in [0.3, 0.4) is 0 Å². The molecule has 0 aliphatic carbocycles. The van der Waals surface area contributed by atoms with Crippen LogP contribution in [0.1, 0.15) is 11.1 Å². The fourth-order valence-electron chi connectivity index (χ4n) is 0.890. The minimum Gasteiger partial charge on any atom is -0.0984 e.